The molecular weight excluding hydrogens is 304 g/mol. The minimum atomic E-state index is -0.0713. The van der Waals surface area contributed by atoms with Crippen molar-refractivity contribution in [2.75, 3.05) is 13.7 Å². The van der Waals surface area contributed by atoms with E-state index in [4.69, 9.17) is 4.74 Å². The Morgan fingerprint density at radius 1 is 1.29 bits per heavy atom. The second-order valence-corrected chi connectivity index (χ2v) is 6.49. The number of aromatic nitrogens is 3. The van der Waals surface area contributed by atoms with Crippen LogP contribution in [0.2, 0.25) is 0 Å². The lowest BCUT2D eigenvalue weighted by Gasteiger charge is -2.58. The summed E-state index contributed by atoms with van der Waals surface area (Å²) in [6.07, 6.45) is 10.1. The largest absolute Gasteiger partial charge is 0.378 e. The van der Waals surface area contributed by atoms with E-state index in [1.54, 1.807) is 18.6 Å². The van der Waals surface area contributed by atoms with Crippen LogP contribution in [0.4, 0.5) is 0 Å². The van der Waals surface area contributed by atoms with E-state index in [2.05, 4.69) is 23.8 Å². The van der Waals surface area contributed by atoms with E-state index in [1.165, 1.54) is 0 Å². The summed E-state index contributed by atoms with van der Waals surface area (Å²) in [4.78, 5) is 23.5. The minimum absolute atomic E-state index is 0.0287. The van der Waals surface area contributed by atoms with E-state index in [1.807, 2.05) is 29.5 Å². The Balaban J connectivity index is 1.87. The smallest absolute Gasteiger partial charge is 0.276 e. The van der Waals surface area contributed by atoms with Crippen LogP contribution in [0.25, 0.3) is 5.65 Å². The molecule has 2 heterocycles. The maximum Gasteiger partial charge on any atom is 0.276 e. The van der Waals surface area contributed by atoms with Gasteiger partial charge in [0.05, 0.1) is 6.10 Å². The first-order chi connectivity index (χ1) is 11.6. The first kappa shape index (κ1) is 16.9. The summed E-state index contributed by atoms with van der Waals surface area (Å²) in [6.45, 7) is 7.12. The number of nitrogens with zero attached hydrogens (tertiary/aromatic N) is 4. The van der Waals surface area contributed by atoms with Crippen LogP contribution in [0.5, 0.6) is 0 Å². The van der Waals surface area contributed by atoms with Crippen LogP contribution in [-0.2, 0) is 4.74 Å². The van der Waals surface area contributed by atoms with Gasteiger partial charge in [0, 0.05) is 49.9 Å². The predicted molar refractivity (Wildman–Crippen MR) is 91.9 cm³/mol. The molecule has 0 spiro atoms. The molecule has 6 heteroatoms. The quantitative estimate of drug-likeness (QED) is 0.817. The van der Waals surface area contributed by atoms with Crippen LogP contribution in [-0.4, -0.2) is 51.0 Å². The maximum absolute atomic E-state index is 13.0. The zero-order chi connectivity index (χ0) is 17.3. The average Bonchev–Trinajstić information content (AvgIpc) is 3.07. The summed E-state index contributed by atoms with van der Waals surface area (Å²) in [5, 5.41) is 0. The van der Waals surface area contributed by atoms with Gasteiger partial charge in [-0.3, -0.25) is 4.79 Å². The molecule has 2 aromatic rings. The second kappa shape index (κ2) is 6.51. The molecule has 0 radical (unpaired) electrons. The number of amides is 1. The second-order valence-electron chi connectivity index (χ2n) is 6.49. The first-order valence-electron chi connectivity index (χ1n) is 8.75. The van der Waals surface area contributed by atoms with Gasteiger partial charge in [-0.05, 0) is 26.2 Å². The van der Waals surface area contributed by atoms with E-state index in [9.17, 15) is 4.79 Å². The van der Waals surface area contributed by atoms with Crippen LogP contribution >= 0.6 is 0 Å². The average molecular weight is 330 g/mol. The zero-order valence-corrected chi connectivity index (χ0v) is 14.9. The van der Waals surface area contributed by atoms with Gasteiger partial charge in [-0.1, -0.05) is 13.8 Å². The topological polar surface area (TPSA) is 59.7 Å². The Bertz CT molecular complexity index is 723. The molecule has 0 aromatic carbocycles. The van der Waals surface area contributed by atoms with E-state index in [0.29, 0.717) is 17.9 Å². The molecule has 6 nitrogen and oxygen atoms in total. The SMILES string of the molecule is CCO[C@H]1C[C@@H](N(C)C(=O)c2nccn3ccnc23)C1(CC)CC. The third-order valence-electron chi connectivity index (χ3n) is 5.73. The van der Waals surface area contributed by atoms with Gasteiger partial charge in [0.25, 0.3) is 5.91 Å². The fourth-order valence-electron chi connectivity index (χ4n) is 4.20. The molecule has 1 saturated carbocycles. The van der Waals surface area contributed by atoms with Gasteiger partial charge in [0.15, 0.2) is 11.3 Å². The highest BCUT2D eigenvalue weighted by atomic mass is 16.5. The summed E-state index contributed by atoms with van der Waals surface area (Å²) in [5.41, 5.74) is 1.04. The Morgan fingerprint density at radius 2 is 1.96 bits per heavy atom. The lowest BCUT2D eigenvalue weighted by atomic mass is 9.58. The highest BCUT2D eigenvalue weighted by Gasteiger charge is 2.56. The standard InChI is InChI=1S/C18H26N4O2/c1-5-18(6-2)13(12-14(18)24-7-3)21(4)17(23)15-16-20-9-11-22(16)10-8-19-15/h8-11,13-14H,5-7,12H2,1-4H3/t13-,14+/m1/s1. The number of rotatable bonds is 6. The fourth-order valence-corrected chi connectivity index (χ4v) is 4.20. The van der Waals surface area contributed by atoms with Crippen molar-refractivity contribution in [1.82, 2.24) is 19.3 Å². The van der Waals surface area contributed by atoms with Crippen molar-refractivity contribution in [3.63, 3.8) is 0 Å². The Hall–Kier alpha value is -1.95. The number of carbonyl (C=O) groups is 1. The van der Waals surface area contributed by atoms with Gasteiger partial charge in [-0.2, -0.15) is 0 Å². The lowest BCUT2D eigenvalue weighted by Crippen LogP contribution is -2.64. The van der Waals surface area contributed by atoms with Gasteiger partial charge in [-0.15, -0.1) is 0 Å². The van der Waals surface area contributed by atoms with Crippen LogP contribution in [0.1, 0.15) is 50.5 Å². The molecule has 130 valence electrons. The summed E-state index contributed by atoms with van der Waals surface area (Å²) < 4.78 is 7.75. The summed E-state index contributed by atoms with van der Waals surface area (Å²) >= 11 is 0. The first-order valence-corrected chi connectivity index (χ1v) is 8.75. The van der Waals surface area contributed by atoms with Crippen LogP contribution in [0.15, 0.2) is 24.8 Å². The van der Waals surface area contributed by atoms with Crippen molar-refractivity contribution in [2.45, 2.75) is 52.2 Å². The van der Waals surface area contributed by atoms with Crippen LogP contribution in [0.3, 0.4) is 0 Å². The fraction of sp³-hybridized carbons (Fsp3) is 0.611. The monoisotopic (exact) mass is 330 g/mol. The molecule has 0 saturated heterocycles. The number of imidazole rings is 1. The Kier molecular flexibility index (Phi) is 4.58. The Labute approximate surface area is 142 Å². The molecule has 0 N–H and O–H groups in total. The van der Waals surface area contributed by atoms with Gasteiger partial charge in [0.1, 0.15) is 0 Å². The van der Waals surface area contributed by atoms with Crippen molar-refractivity contribution < 1.29 is 9.53 Å². The van der Waals surface area contributed by atoms with Crippen molar-refractivity contribution in [3.8, 4) is 0 Å². The minimum Gasteiger partial charge on any atom is -0.378 e. The highest BCUT2D eigenvalue weighted by molar-refractivity contribution is 5.97. The summed E-state index contributed by atoms with van der Waals surface area (Å²) in [5.74, 6) is -0.0713. The maximum atomic E-state index is 13.0. The van der Waals surface area contributed by atoms with Gasteiger partial charge < -0.3 is 14.0 Å². The molecule has 1 fully saturated rings. The predicted octanol–water partition coefficient (Wildman–Crippen LogP) is 2.79. The third kappa shape index (κ3) is 2.40. The third-order valence-corrected chi connectivity index (χ3v) is 5.73. The number of fused-ring (bicyclic) bond motifs is 1. The van der Waals surface area contributed by atoms with Crippen molar-refractivity contribution >= 4 is 11.6 Å². The van der Waals surface area contributed by atoms with E-state index >= 15 is 0 Å². The number of carbonyl (C=O) groups excluding carboxylic acids is 1. The molecule has 2 atom stereocenters. The molecule has 3 rings (SSSR count). The molecule has 1 aliphatic rings. The molecule has 24 heavy (non-hydrogen) atoms. The number of hydrogen-bond acceptors (Lipinski definition) is 4. The molecule has 0 bridgehead atoms. The van der Waals surface area contributed by atoms with Crippen molar-refractivity contribution in [3.05, 3.63) is 30.5 Å². The van der Waals surface area contributed by atoms with Crippen molar-refractivity contribution in [2.24, 2.45) is 5.41 Å². The van der Waals surface area contributed by atoms with Crippen LogP contribution in [0, 0.1) is 5.41 Å². The van der Waals surface area contributed by atoms with Gasteiger partial charge >= 0.3 is 0 Å². The molecule has 1 aliphatic carbocycles. The lowest BCUT2D eigenvalue weighted by molar-refractivity contribution is -0.159. The summed E-state index contributed by atoms with van der Waals surface area (Å²) in [6, 6.07) is 0.175. The molecule has 0 aliphatic heterocycles. The van der Waals surface area contributed by atoms with E-state index in [-0.39, 0.29) is 23.5 Å². The number of ether oxygens (including phenoxy) is 1. The molecular formula is C18H26N4O2. The molecule has 0 unspecified atom stereocenters. The Morgan fingerprint density at radius 3 is 2.58 bits per heavy atom. The van der Waals surface area contributed by atoms with Gasteiger partial charge in [0.2, 0.25) is 0 Å². The van der Waals surface area contributed by atoms with E-state index < -0.39 is 0 Å². The number of hydrogen-bond donors (Lipinski definition) is 0. The highest BCUT2D eigenvalue weighted by Crippen LogP contribution is 2.51. The van der Waals surface area contributed by atoms with Crippen molar-refractivity contribution in [1.29, 1.82) is 0 Å². The van der Waals surface area contributed by atoms with E-state index in [0.717, 1.165) is 19.3 Å². The molecule has 1 amide bonds. The summed E-state index contributed by atoms with van der Waals surface area (Å²) in [7, 11) is 1.88. The van der Waals surface area contributed by atoms with Gasteiger partial charge in [-0.25, -0.2) is 9.97 Å². The van der Waals surface area contributed by atoms with Crippen LogP contribution < -0.4 is 0 Å². The molecule has 2 aromatic heterocycles. The normalized spacial score (nSPS) is 22.3. The zero-order valence-electron chi connectivity index (χ0n) is 14.9.